The lowest BCUT2D eigenvalue weighted by Gasteiger charge is -2.24. The quantitative estimate of drug-likeness (QED) is 0.115. The van der Waals surface area contributed by atoms with E-state index in [0.717, 1.165) is 5.56 Å². The Kier molecular flexibility index (Phi) is 7.59. The first kappa shape index (κ1) is 23.7. The van der Waals surface area contributed by atoms with E-state index in [1.165, 1.54) is 38.5 Å². The van der Waals surface area contributed by atoms with E-state index in [0.29, 0.717) is 5.56 Å². The largest absolute Gasteiger partial charge is 0.468 e. The normalized spacial score (nSPS) is 17.0. The summed E-state index contributed by atoms with van der Waals surface area (Å²) in [5.74, 6) is 4.14. The number of nitrogens with zero attached hydrogens (tertiary/aromatic N) is 1. The van der Waals surface area contributed by atoms with Crippen molar-refractivity contribution in [1.29, 1.82) is 0 Å². The molecule has 33 heavy (non-hydrogen) atoms. The van der Waals surface area contributed by atoms with E-state index in [-0.39, 0.29) is 30.7 Å². The molecular formula is C25H23NO7. The molecule has 2 aromatic carbocycles. The maximum Gasteiger partial charge on any atom is 0.324 e. The van der Waals surface area contributed by atoms with Gasteiger partial charge in [0.1, 0.15) is 12.2 Å². The first-order valence-electron chi connectivity index (χ1n) is 10.2. The van der Waals surface area contributed by atoms with Crippen molar-refractivity contribution in [3.63, 3.8) is 0 Å². The summed E-state index contributed by atoms with van der Waals surface area (Å²) in [7, 11) is 2.39. The van der Waals surface area contributed by atoms with Crippen LogP contribution in [0.15, 0.2) is 66.7 Å². The maximum absolute atomic E-state index is 12.6. The number of methoxy groups -OCH3 is 2. The number of benzene rings is 2. The summed E-state index contributed by atoms with van der Waals surface area (Å²) in [6.07, 6.45) is 3.17. The highest BCUT2D eigenvalue weighted by Crippen LogP contribution is 2.40. The number of allylic oxidation sites excluding steroid dienone is 1. The Labute approximate surface area is 191 Å². The zero-order chi connectivity index (χ0) is 23.8. The molecular weight excluding hydrogens is 426 g/mol. The Bertz CT molecular complexity index is 1080. The third-order valence-electron chi connectivity index (χ3n) is 5.30. The molecule has 0 aliphatic carbocycles. The molecule has 0 radical (unpaired) electrons. The lowest BCUT2D eigenvalue weighted by molar-refractivity contribution is -0.384. The van der Waals surface area contributed by atoms with Crippen molar-refractivity contribution in [2.75, 3.05) is 14.2 Å². The second-order valence-corrected chi connectivity index (χ2v) is 7.41. The molecule has 1 aliphatic heterocycles. The molecule has 170 valence electrons. The van der Waals surface area contributed by atoms with E-state index < -0.39 is 22.3 Å². The molecule has 0 N–H and O–H groups in total. The van der Waals surface area contributed by atoms with Crippen molar-refractivity contribution in [3.05, 3.63) is 88.0 Å². The first-order valence-corrected chi connectivity index (χ1v) is 10.2. The molecule has 0 saturated carbocycles. The molecule has 0 amide bonds. The van der Waals surface area contributed by atoms with Gasteiger partial charge in [0.2, 0.25) is 0 Å². The van der Waals surface area contributed by atoms with Crippen molar-refractivity contribution in [1.82, 2.24) is 0 Å². The van der Waals surface area contributed by atoms with E-state index in [9.17, 15) is 19.7 Å². The monoisotopic (exact) mass is 449 g/mol. The van der Waals surface area contributed by atoms with E-state index >= 15 is 0 Å². The number of ether oxygens (including phenoxy) is 3. The molecule has 8 heteroatoms. The summed E-state index contributed by atoms with van der Waals surface area (Å²) >= 11 is 0. The molecule has 0 bridgehead atoms. The third kappa shape index (κ3) is 5.64. The first-order chi connectivity index (χ1) is 15.9. The van der Waals surface area contributed by atoms with Crippen LogP contribution in [0.5, 0.6) is 0 Å². The number of esters is 2. The smallest absolute Gasteiger partial charge is 0.324 e. The summed E-state index contributed by atoms with van der Waals surface area (Å²) in [5.41, 5.74) is -0.143. The van der Waals surface area contributed by atoms with Crippen LogP contribution < -0.4 is 0 Å². The van der Waals surface area contributed by atoms with Crippen LogP contribution in [0.3, 0.4) is 0 Å². The predicted molar refractivity (Wildman–Crippen MR) is 119 cm³/mol. The average Bonchev–Trinajstić information content (AvgIpc) is 3.62. The topological polar surface area (TPSA) is 108 Å². The van der Waals surface area contributed by atoms with Crippen LogP contribution in [0.2, 0.25) is 0 Å². The lowest BCUT2D eigenvalue weighted by Crippen LogP contribution is -2.40. The molecule has 2 aromatic rings. The van der Waals surface area contributed by atoms with Crippen molar-refractivity contribution in [3.8, 4) is 11.8 Å². The maximum atomic E-state index is 12.6. The number of carbonyl (C=O) groups is 2. The van der Waals surface area contributed by atoms with Gasteiger partial charge in [-0.2, -0.15) is 0 Å². The Hall–Kier alpha value is -3.96. The zero-order valence-corrected chi connectivity index (χ0v) is 18.2. The molecule has 3 rings (SSSR count). The van der Waals surface area contributed by atoms with Gasteiger partial charge in [-0.1, -0.05) is 54.3 Å². The fourth-order valence-corrected chi connectivity index (χ4v) is 3.41. The van der Waals surface area contributed by atoms with Crippen LogP contribution in [-0.2, 0) is 23.8 Å². The van der Waals surface area contributed by atoms with Gasteiger partial charge < -0.3 is 14.2 Å². The lowest BCUT2D eigenvalue weighted by atomic mass is 9.81. The van der Waals surface area contributed by atoms with Crippen molar-refractivity contribution >= 4 is 17.6 Å². The van der Waals surface area contributed by atoms with E-state index in [2.05, 4.69) is 11.8 Å². The predicted octanol–water partition coefficient (Wildman–Crippen LogP) is 3.76. The number of epoxide rings is 1. The minimum absolute atomic E-state index is 0.0165. The summed E-state index contributed by atoms with van der Waals surface area (Å²) in [6.45, 7) is 0. The van der Waals surface area contributed by atoms with Gasteiger partial charge >= 0.3 is 11.9 Å². The van der Waals surface area contributed by atoms with Gasteiger partial charge in [0.05, 0.1) is 19.1 Å². The number of hydrogen-bond donors (Lipinski definition) is 0. The Morgan fingerprint density at radius 1 is 1.09 bits per heavy atom. The molecule has 1 heterocycles. The molecule has 1 aliphatic rings. The highest BCUT2D eigenvalue weighted by molar-refractivity contribution is 6.00. The fraction of sp³-hybridized carbons (Fsp3) is 0.280. The van der Waals surface area contributed by atoms with Crippen LogP contribution in [0.1, 0.15) is 30.1 Å². The van der Waals surface area contributed by atoms with Gasteiger partial charge in [-0.25, -0.2) is 0 Å². The van der Waals surface area contributed by atoms with Gasteiger partial charge in [-0.3, -0.25) is 19.7 Å². The Morgan fingerprint density at radius 2 is 1.73 bits per heavy atom. The van der Waals surface area contributed by atoms with Crippen molar-refractivity contribution in [2.24, 2.45) is 5.41 Å². The van der Waals surface area contributed by atoms with Gasteiger partial charge in [0.25, 0.3) is 5.69 Å². The van der Waals surface area contributed by atoms with Crippen LogP contribution in [0.25, 0.3) is 0 Å². The summed E-state index contributed by atoms with van der Waals surface area (Å²) in [4.78, 5) is 35.6. The van der Waals surface area contributed by atoms with Crippen molar-refractivity contribution < 1.29 is 28.7 Å². The number of carbonyl (C=O) groups excluding carboxylic acids is 2. The molecule has 1 fully saturated rings. The average molecular weight is 449 g/mol. The van der Waals surface area contributed by atoms with Crippen LogP contribution in [0, 0.1) is 27.4 Å². The minimum atomic E-state index is -1.65. The Balaban J connectivity index is 1.75. The summed E-state index contributed by atoms with van der Waals surface area (Å²) in [5, 5.41) is 10.8. The van der Waals surface area contributed by atoms with E-state index in [4.69, 9.17) is 14.2 Å². The van der Waals surface area contributed by atoms with Gasteiger partial charge in [0.15, 0.2) is 5.41 Å². The van der Waals surface area contributed by atoms with Crippen molar-refractivity contribution in [2.45, 2.75) is 25.0 Å². The zero-order valence-electron chi connectivity index (χ0n) is 18.2. The number of nitro groups is 1. The van der Waals surface area contributed by atoms with Crippen LogP contribution >= 0.6 is 0 Å². The SMILES string of the molecule is COC(=O)C(CC#Cc1ccc([N+](=O)[O-])cc1)(C/C=C/[C@H]1O[C@@H]1c1ccccc1)C(=O)OC. The standard InChI is InChI=1S/C25H23NO7/c1-31-23(27)25(24(28)32-2,16-6-8-18-12-14-20(15-13-18)26(29)30)17-7-11-21-22(33-21)19-9-4-3-5-10-19/h3-5,7,9-15,21-22H,16-17H2,1-2H3/b11-7+/t21-,22-/m1/s1. The Morgan fingerprint density at radius 3 is 2.30 bits per heavy atom. The summed E-state index contributed by atoms with van der Waals surface area (Å²) in [6, 6.07) is 15.4. The third-order valence-corrected chi connectivity index (χ3v) is 5.30. The number of rotatable bonds is 8. The molecule has 0 unspecified atom stereocenters. The minimum Gasteiger partial charge on any atom is -0.468 e. The van der Waals surface area contributed by atoms with Gasteiger partial charge in [-0.05, 0) is 24.1 Å². The molecule has 1 saturated heterocycles. The second-order valence-electron chi connectivity index (χ2n) is 7.41. The fourth-order valence-electron chi connectivity index (χ4n) is 3.41. The second kappa shape index (κ2) is 10.6. The van der Waals surface area contributed by atoms with Gasteiger partial charge in [0, 0.05) is 24.1 Å². The molecule has 0 aromatic heterocycles. The molecule has 0 spiro atoms. The number of non-ortho nitro benzene ring substituents is 1. The van der Waals surface area contributed by atoms with Crippen LogP contribution in [0.4, 0.5) is 5.69 Å². The summed E-state index contributed by atoms with van der Waals surface area (Å²) < 4.78 is 15.5. The van der Waals surface area contributed by atoms with Crippen LogP contribution in [-0.4, -0.2) is 37.2 Å². The van der Waals surface area contributed by atoms with Gasteiger partial charge in [-0.15, -0.1) is 0 Å². The molecule has 8 nitrogen and oxygen atoms in total. The number of nitro benzene ring substituents is 1. The highest BCUT2D eigenvalue weighted by Gasteiger charge is 2.47. The van der Waals surface area contributed by atoms with E-state index in [1.807, 2.05) is 36.4 Å². The molecule has 2 atom stereocenters. The number of hydrogen-bond acceptors (Lipinski definition) is 7. The van der Waals surface area contributed by atoms with E-state index in [1.54, 1.807) is 6.08 Å². The highest BCUT2D eigenvalue weighted by atomic mass is 16.6.